The number of rotatable bonds is 8. The third-order valence-corrected chi connectivity index (χ3v) is 4.75. The molecule has 0 aliphatic heterocycles. The fourth-order valence-electron chi connectivity index (χ4n) is 2.96. The van der Waals surface area contributed by atoms with Gasteiger partial charge in [0.05, 0.1) is 12.2 Å². The van der Waals surface area contributed by atoms with Crippen molar-refractivity contribution in [2.24, 2.45) is 0 Å². The van der Waals surface area contributed by atoms with E-state index in [1.54, 1.807) is 24.3 Å². The van der Waals surface area contributed by atoms with Crippen LogP contribution in [0.15, 0.2) is 60.7 Å². The molecule has 0 atom stereocenters. The van der Waals surface area contributed by atoms with E-state index in [0.717, 1.165) is 55.0 Å². The molecule has 0 radical (unpaired) electrons. The first-order valence-corrected chi connectivity index (χ1v) is 10.7. The zero-order valence-corrected chi connectivity index (χ0v) is 18.2. The van der Waals surface area contributed by atoms with Crippen LogP contribution in [-0.2, 0) is 0 Å². The molecule has 0 bridgehead atoms. The molecule has 3 aromatic rings. The summed E-state index contributed by atoms with van der Waals surface area (Å²) < 4.78 is 52.2. The molecule has 0 amide bonds. The normalized spacial score (nSPS) is 10.3. The Morgan fingerprint density at radius 3 is 2.09 bits per heavy atom. The number of hydrogen-bond acceptors (Lipinski definition) is 3. The molecule has 0 aliphatic carbocycles. The maximum absolute atomic E-state index is 14.4. The molecule has 0 aliphatic rings. The van der Waals surface area contributed by atoms with Crippen molar-refractivity contribution in [1.82, 2.24) is 0 Å². The quantitative estimate of drug-likeness (QED) is 0.165. The highest BCUT2D eigenvalue weighted by Gasteiger charge is 2.17. The van der Waals surface area contributed by atoms with Crippen LogP contribution in [0.1, 0.15) is 54.1 Å². The second kappa shape index (κ2) is 11.8. The van der Waals surface area contributed by atoms with Crippen molar-refractivity contribution < 1.29 is 27.4 Å². The van der Waals surface area contributed by atoms with Gasteiger partial charge in [0.2, 0.25) is 5.75 Å². The van der Waals surface area contributed by atoms with Crippen LogP contribution in [0.4, 0.5) is 13.2 Å². The third kappa shape index (κ3) is 7.15. The van der Waals surface area contributed by atoms with Gasteiger partial charge in [0.25, 0.3) is 0 Å². The van der Waals surface area contributed by atoms with Crippen molar-refractivity contribution in [3.05, 3.63) is 94.8 Å². The van der Waals surface area contributed by atoms with Crippen LogP contribution < -0.4 is 9.47 Å². The maximum Gasteiger partial charge on any atom is 0.343 e. The van der Waals surface area contributed by atoms with E-state index < -0.39 is 29.2 Å². The predicted molar refractivity (Wildman–Crippen MR) is 120 cm³/mol. The van der Waals surface area contributed by atoms with Crippen LogP contribution in [0.5, 0.6) is 11.5 Å². The molecule has 0 spiro atoms. The van der Waals surface area contributed by atoms with Gasteiger partial charge in [-0.25, -0.2) is 18.0 Å². The number of carbonyl (C=O) groups excluding carboxylic acids is 1. The lowest BCUT2D eigenvalue weighted by Crippen LogP contribution is -2.11. The van der Waals surface area contributed by atoms with Gasteiger partial charge in [-0.2, -0.15) is 0 Å². The molecule has 0 fully saturated rings. The molecule has 0 heterocycles. The molecule has 3 rings (SSSR count). The number of carbonyl (C=O) groups is 1. The van der Waals surface area contributed by atoms with Gasteiger partial charge in [-0.1, -0.05) is 38.0 Å². The highest BCUT2D eigenvalue weighted by molar-refractivity contribution is 5.91. The van der Waals surface area contributed by atoms with Crippen LogP contribution >= 0.6 is 0 Å². The molecule has 170 valence electrons. The Morgan fingerprint density at radius 1 is 0.818 bits per heavy atom. The van der Waals surface area contributed by atoms with E-state index in [9.17, 15) is 18.0 Å². The van der Waals surface area contributed by atoms with E-state index in [-0.39, 0.29) is 11.1 Å². The summed E-state index contributed by atoms with van der Waals surface area (Å²) in [4.78, 5) is 12.0. The summed E-state index contributed by atoms with van der Waals surface area (Å²) in [6.07, 6.45) is 4.50. The number of halogens is 3. The fraction of sp³-hybridized carbons (Fsp3) is 0.222. The van der Waals surface area contributed by atoms with Crippen molar-refractivity contribution in [3.8, 4) is 23.3 Å². The van der Waals surface area contributed by atoms with E-state index in [4.69, 9.17) is 9.47 Å². The maximum atomic E-state index is 14.4. The largest absolute Gasteiger partial charge is 0.494 e. The minimum atomic E-state index is -1.07. The first-order valence-electron chi connectivity index (χ1n) is 10.7. The van der Waals surface area contributed by atoms with Crippen LogP contribution in [0, 0.1) is 29.3 Å². The first kappa shape index (κ1) is 23.9. The Balaban J connectivity index is 1.63. The topological polar surface area (TPSA) is 35.5 Å². The Morgan fingerprint density at radius 2 is 1.45 bits per heavy atom. The second-order valence-corrected chi connectivity index (χ2v) is 7.35. The summed E-state index contributed by atoms with van der Waals surface area (Å²) >= 11 is 0. The minimum Gasteiger partial charge on any atom is -0.494 e. The van der Waals surface area contributed by atoms with Crippen LogP contribution in [-0.4, -0.2) is 12.6 Å². The van der Waals surface area contributed by atoms with Gasteiger partial charge in [-0.05, 0) is 67.1 Å². The Hall–Kier alpha value is -3.72. The molecule has 0 unspecified atom stereocenters. The SMILES string of the molecule is CCCCCCOc1ccc(C#Cc2cc(F)c(OC(=O)c3ccc(F)cc3)c(F)c2)cc1. The van der Waals surface area contributed by atoms with Crippen LogP contribution in [0.3, 0.4) is 0 Å². The van der Waals surface area contributed by atoms with Gasteiger partial charge in [-0.15, -0.1) is 0 Å². The number of ether oxygens (including phenoxy) is 2. The molecular weight excluding hydrogens is 429 g/mol. The fourth-order valence-corrected chi connectivity index (χ4v) is 2.96. The molecule has 0 N–H and O–H groups in total. The predicted octanol–water partition coefficient (Wildman–Crippen LogP) is 6.68. The Kier molecular flexibility index (Phi) is 8.54. The molecule has 33 heavy (non-hydrogen) atoms. The lowest BCUT2D eigenvalue weighted by atomic mass is 10.1. The Bertz CT molecular complexity index is 1120. The summed E-state index contributed by atoms with van der Waals surface area (Å²) in [7, 11) is 0. The number of esters is 1. The minimum absolute atomic E-state index is 0.0348. The summed E-state index contributed by atoms with van der Waals surface area (Å²) in [5, 5.41) is 0. The summed E-state index contributed by atoms with van der Waals surface area (Å²) in [6.45, 7) is 2.81. The van der Waals surface area contributed by atoms with Crippen molar-refractivity contribution in [1.29, 1.82) is 0 Å². The standard InChI is InChI=1S/C27H23F3O3/c1-2-3-4-5-16-32-23-14-8-19(9-15-23)6-7-20-17-24(29)26(25(30)18-20)33-27(31)21-10-12-22(28)13-11-21/h8-15,17-18H,2-5,16H2,1H3. The van der Waals surface area contributed by atoms with Gasteiger partial charge in [0, 0.05) is 11.1 Å². The van der Waals surface area contributed by atoms with E-state index in [2.05, 4.69) is 18.8 Å². The van der Waals surface area contributed by atoms with Crippen LogP contribution in [0.2, 0.25) is 0 Å². The van der Waals surface area contributed by atoms with Crippen molar-refractivity contribution in [2.45, 2.75) is 32.6 Å². The zero-order valence-electron chi connectivity index (χ0n) is 18.2. The van der Waals surface area contributed by atoms with Gasteiger partial charge >= 0.3 is 5.97 Å². The van der Waals surface area contributed by atoms with Crippen molar-refractivity contribution in [2.75, 3.05) is 6.61 Å². The highest BCUT2D eigenvalue weighted by atomic mass is 19.1. The van der Waals surface area contributed by atoms with Gasteiger partial charge in [-0.3, -0.25) is 0 Å². The molecule has 0 saturated heterocycles. The smallest absolute Gasteiger partial charge is 0.343 e. The van der Waals surface area contributed by atoms with Crippen molar-refractivity contribution in [3.63, 3.8) is 0 Å². The molecule has 0 saturated carbocycles. The van der Waals surface area contributed by atoms with Crippen molar-refractivity contribution >= 4 is 5.97 Å². The summed E-state index contributed by atoms with van der Waals surface area (Å²) in [5.74, 6) is 1.75. The van der Waals surface area contributed by atoms with Gasteiger partial charge in [0.1, 0.15) is 11.6 Å². The van der Waals surface area contributed by atoms with E-state index in [1.807, 2.05) is 0 Å². The number of hydrogen-bond donors (Lipinski definition) is 0. The average Bonchev–Trinajstić information content (AvgIpc) is 2.81. The molecule has 6 heteroatoms. The zero-order chi connectivity index (χ0) is 23.6. The molecule has 3 nitrogen and oxygen atoms in total. The Labute approximate surface area is 191 Å². The monoisotopic (exact) mass is 452 g/mol. The molecular formula is C27H23F3O3. The first-order chi connectivity index (χ1) is 16.0. The summed E-state index contributed by atoms with van der Waals surface area (Å²) in [5.41, 5.74) is 0.705. The van der Waals surface area contributed by atoms with E-state index in [1.165, 1.54) is 12.8 Å². The molecule has 0 aromatic heterocycles. The van der Waals surface area contributed by atoms with Crippen LogP contribution in [0.25, 0.3) is 0 Å². The molecule has 3 aromatic carbocycles. The number of unbranched alkanes of at least 4 members (excludes halogenated alkanes) is 3. The van der Waals surface area contributed by atoms with E-state index >= 15 is 0 Å². The second-order valence-electron chi connectivity index (χ2n) is 7.35. The summed E-state index contributed by atoms with van der Waals surface area (Å²) in [6, 6.07) is 13.5. The lowest BCUT2D eigenvalue weighted by molar-refractivity contribution is 0.0720. The van der Waals surface area contributed by atoms with E-state index in [0.29, 0.717) is 12.2 Å². The third-order valence-electron chi connectivity index (χ3n) is 4.75. The van der Waals surface area contributed by atoms with Gasteiger partial charge in [0.15, 0.2) is 11.6 Å². The average molecular weight is 452 g/mol. The lowest BCUT2D eigenvalue weighted by Gasteiger charge is -2.07. The highest BCUT2D eigenvalue weighted by Crippen LogP contribution is 2.24. The number of benzene rings is 3. The van der Waals surface area contributed by atoms with Gasteiger partial charge < -0.3 is 9.47 Å².